The number of benzene rings is 3. The highest BCUT2D eigenvalue weighted by molar-refractivity contribution is 6.02. The van der Waals surface area contributed by atoms with Gasteiger partial charge in [-0.15, -0.1) is 0 Å². The van der Waals surface area contributed by atoms with E-state index in [4.69, 9.17) is 9.47 Å². The molecular formula is C21H16O4. The van der Waals surface area contributed by atoms with E-state index in [9.17, 15) is 9.90 Å². The Hall–Kier alpha value is -2.79. The van der Waals surface area contributed by atoms with Gasteiger partial charge >= 0.3 is 5.97 Å². The molecule has 1 aliphatic rings. The average molecular weight is 332 g/mol. The Morgan fingerprint density at radius 2 is 1.36 bits per heavy atom. The molecule has 1 fully saturated rings. The number of hydrogen-bond donors (Lipinski definition) is 1. The van der Waals surface area contributed by atoms with Crippen molar-refractivity contribution in [1.29, 1.82) is 0 Å². The summed E-state index contributed by atoms with van der Waals surface area (Å²) in [6.07, 6.45) is 0. The monoisotopic (exact) mass is 332 g/mol. The van der Waals surface area contributed by atoms with Crippen LogP contribution in [-0.4, -0.2) is 23.7 Å². The van der Waals surface area contributed by atoms with E-state index in [1.165, 1.54) is 0 Å². The first-order chi connectivity index (χ1) is 12.2. The second-order valence-electron chi connectivity index (χ2n) is 5.81. The Bertz CT molecular complexity index is 900. The maximum Gasteiger partial charge on any atom is 0.353 e. The Labute approximate surface area is 145 Å². The topological polar surface area (TPSA) is 55.8 Å². The third-order valence-electron chi connectivity index (χ3n) is 4.25. The molecule has 4 rings (SSSR count). The molecule has 3 aromatic rings. The highest BCUT2D eigenvalue weighted by atomic mass is 17.0. The molecule has 25 heavy (non-hydrogen) atoms. The van der Waals surface area contributed by atoms with Crippen molar-refractivity contribution in [2.24, 2.45) is 0 Å². The van der Waals surface area contributed by atoms with Gasteiger partial charge in [-0.2, -0.15) is 0 Å². The third-order valence-corrected chi connectivity index (χ3v) is 4.25. The molecule has 1 aliphatic heterocycles. The lowest BCUT2D eigenvalue weighted by Gasteiger charge is -2.34. The van der Waals surface area contributed by atoms with Crippen molar-refractivity contribution in [2.45, 2.75) is 5.97 Å². The van der Waals surface area contributed by atoms with Gasteiger partial charge in [-0.25, -0.2) is 0 Å². The van der Waals surface area contributed by atoms with Crippen LogP contribution in [0.15, 0.2) is 78.9 Å². The molecule has 0 bridgehead atoms. The predicted molar refractivity (Wildman–Crippen MR) is 93.6 cm³/mol. The largest absolute Gasteiger partial charge is 0.353 e. The summed E-state index contributed by atoms with van der Waals surface area (Å²) < 4.78 is 9.76. The molecule has 4 heteroatoms. The fraction of sp³-hybridized carbons (Fsp3) is 0.0952. The number of rotatable bonds is 4. The summed E-state index contributed by atoms with van der Waals surface area (Å²) >= 11 is 0. The summed E-state index contributed by atoms with van der Waals surface area (Å²) in [5, 5.41) is 9.99. The first-order valence-electron chi connectivity index (χ1n) is 7.97. The quantitative estimate of drug-likeness (QED) is 0.737. The minimum Gasteiger partial charge on any atom is -0.337 e. The van der Waals surface area contributed by atoms with Crippen molar-refractivity contribution >= 4 is 5.78 Å². The molecule has 0 atom stereocenters. The van der Waals surface area contributed by atoms with E-state index in [-0.39, 0.29) is 6.79 Å². The maximum absolute atomic E-state index is 12.5. The van der Waals surface area contributed by atoms with Gasteiger partial charge in [0.1, 0.15) is 0 Å². The van der Waals surface area contributed by atoms with Crippen LogP contribution in [0.5, 0.6) is 0 Å². The zero-order chi connectivity index (χ0) is 17.3. The first kappa shape index (κ1) is 15.7. The normalized spacial score (nSPS) is 15.4. The van der Waals surface area contributed by atoms with E-state index >= 15 is 0 Å². The highest BCUT2D eigenvalue weighted by Gasteiger charge is 2.46. The number of hydrogen-bond acceptors (Lipinski definition) is 4. The van der Waals surface area contributed by atoms with E-state index < -0.39 is 11.8 Å². The van der Waals surface area contributed by atoms with Crippen LogP contribution in [-0.2, 0) is 9.47 Å². The second-order valence-corrected chi connectivity index (χ2v) is 5.81. The Morgan fingerprint density at radius 1 is 0.800 bits per heavy atom. The number of ether oxygens (including phenoxy) is 2. The van der Waals surface area contributed by atoms with Gasteiger partial charge in [0.05, 0.1) is 0 Å². The molecule has 1 heterocycles. The van der Waals surface area contributed by atoms with Crippen molar-refractivity contribution in [3.63, 3.8) is 0 Å². The van der Waals surface area contributed by atoms with Crippen LogP contribution in [0.25, 0.3) is 22.3 Å². The molecular weight excluding hydrogens is 316 g/mol. The van der Waals surface area contributed by atoms with Crippen LogP contribution in [0.2, 0.25) is 0 Å². The fourth-order valence-electron chi connectivity index (χ4n) is 2.90. The molecule has 0 amide bonds. The van der Waals surface area contributed by atoms with Gasteiger partial charge in [-0.05, 0) is 28.3 Å². The maximum atomic E-state index is 12.5. The Kier molecular flexibility index (Phi) is 3.93. The van der Waals surface area contributed by atoms with Gasteiger partial charge in [-0.3, -0.25) is 14.3 Å². The van der Waals surface area contributed by atoms with E-state index in [2.05, 4.69) is 0 Å². The van der Waals surface area contributed by atoms with Gasteiger partial charge in [0.2, 0.25) is 0 Å². The molecule has 1 saturated heterocycles. The van der Waals surface area contributed by atoms with Gasteiger partial charge < -0.3 is 5.11 Å². The molecule has 1 N–H and O–H groups in total. The zero-order valence-corrected chi connectivity index (χ0v) is 13.4. The lowest BCUT2D eigenvalue weighted by molar-refractivity contribution is -0.454. The summed E-state index contributed by atoms with van der Waals surface area (Å²) in [6.45, 7) is -0.0874. The molecule has 124 valence electrons. The predicted octanol–water partition coefficient (Wildman–Crippen LogP) is 3.85. The van der Waals surface area contributed by atoms with E-state index in [0.29, 0.717) is 5.56 Å². The van der Waals surface area contributed by atoms with Crippen molar-refractivity contribution in [3.05, 3.63) is 84.4 Å². The second kappa shape index (κ2) is 6.26. The van der Waals surface area contributed by atoms with Gasteiger partial charge in [0.25, 0.3) is 5.78 Å². The summed E-state index contributed by atoms with van der Waals surface area (Å²) in [4.78, 5) is 12.5. The fourth-order valence-corrected chi connectivity index (χ4v) is 2.90. The zero-order valence-electron chi connectivity index (χ0n) is 13.4. The number of aliphatic hydroxyl groups is 1. The minimum absolute atomic E-state index is 0.0874. The summed E-state index contributed by atoms with van der Waals surface area (Å²) in [5.74, 6) is -2.77. The van der Waals surface area contributed by atoms with Crippen LogP contribution in [0.4, 0.5) is 0 Å². The first-order valence-corrected chi connectivity index (χ1v) is 7.97. The molecule has 0 saturated carbocycles. The van der Waals surface area contributed by atoms with Gasteiger partial charge in [0.15, 0.2) is 6.79 Å². The Balaban J connectivity index is 1.85. The van der Waals surface area contributed by atoms with Gasteiger partial charge in [0, 0.05) is 5.56 Å². The highest BCUT2D eigenvalue weighted by Crippen LogP contribution is 2.34. The number of carbonyl (C=O) groups is 1. The molecule has 0 aromatic heterocycles. The average Bonchev–Trinajstić information content (AvgIpc) is 2.66. The standard InChI is InChI=1S/C21H16O4/c22-20(21(23)24-14-25-21)17-11-12-18(15-7-3-1-4-8-15)19(13-17)16-9-5-2-6-10-16/h1-13,23H,14H2. The third kappa shape index (κ3) is 2.87. The lowest BCUT2D eigenvalue weighted by atomic mass is 9.91. The minimum atomic E-state index is -2.16. The summed E-state index contributed by atoms with van der Waals surface area (Å²) in [7, 11) is 0. The Morgan fingerprint density at radius 3 is 1.88 bits per heavy atom. The SMILES string of the molecule is O=C(c1ccc(-c2ccccc2)c(-c2ccccc2)c1)C1(O)OCO1. The number of Topliss-reactive ketones (excluding diaryl/α,β-unsaturated/α-hetero) is 1. The molecule has 0 spiro atoms. The van der Waals surface area contributed by atoms with E-state index in [0.717, 1.165) is 22.3 Å². The van der Waals surface area contributed by atoms with Crippen LogP contribution in [0.3, 0.4) is 0 Å². The smallest absolute Gasteiger partial charge is 0.337 e. The van der Waals surface area contributed by atoms with Crippen molar-refractivity contribution in [1.82, 2.24) is 0 Å². The van der Waals surface area contributed by atoms with E-state index in [1.807, 2.05) is 66.7 Å². The van der Waals surface area contributed by atoms with Crippen molar-refractivity contribution in [2.75, 3.05) is 6.79 Å². The van der Waals surface area contributed by atoms with Crippen LogP contribution in [0.1, 0.15) is 10.4 Å². The van der Waals surface area contributed by atoms with Crippen molar-refractivity contribution in [3.8, 4) is 22.3 Å². The number of ketones is 1. The molecule has 4 nitrogen and oxygen atoms in total. The van der Waals surface area contributed by atoms with Crippen LogP contribution in [0, 0.1) is 0 Å². The lowest BCUT2D eigenvalue weighted by Crippen LogP contribution is -2.53. The van der Waals surface area contributed by atoms with Crippen molar-refractivity contribution < 1.29 is 19.4 Å². The summed E-state index contributed by atoms with van der Waals surface area (Å²) in [5.41, 5.74) is 4.28. The van der Waals surface area contributed by atoms with Crippen LogP contribution >= 0.6 is 0 Å². The molecule has 3 aromatic carbocycles. The summed E-state index contributed by atoms with van der Waals surface area (Å²) in [6, 6.07) is 25.1. The molecule has 0 aliphatic carbocycles. The van der Waals surface area contributed by atoms with Gasteiger partial charge in [-0.1, -0.05) is 72.8 Å². The number of carbonyl (C=O) groups excluding carboxylic acids is 1. The molecule has 0 radical (unpaired) electrons. The van der Waals surface area contributed by atoms with E-state index in [1.54, 1.807) is 12.1 Å². The van der Waals surface area contributed by atoms with Crippen LogP contribution < -0.4 is 0 Å². The molecule has 0 unspecified atom stereocenters.